The number of allylic oxidation sites excluding steroid dienone is 1. The molecule has 0 saturated carbocycles. The standard InChI is InChI=1S/C14H15ClN4OS/c1-9(2)6-13(20)17-10-4-5-12(11(15)7-10)21-14-18-16-8-19(14)3/h4-8H,1-3H3,(H,17,20). The number of hydrogen-bond donors (Lipinski definition) is 1. The summed E-state index contributed by atoms with van der Waals surface area (Å²) in [6.45, 7) is 3.74. The second kappa shape index (κ2) is 6.78. The fourth-order valence-electron chi connectivity index (χ4n) is 1.57. The molecule has 1 aromatic heterocycles. The molecule has 0 unspecified atom stereocenters. The van der Waals surface area contributed by atoms with Crippen LogP contribution in [-0.4, -0.2) is 20.7 Å². The van der Waals surface area contributed by atoms with Crippen molar-refractivity contribution in [2.75, 3.05) is 5.32 Å². The quantitative estimate of drug-likeness (QED) is 0.875. The molecule has 0 aliphatic carbocycles. The highest BCUT2D eigenvalue weighted by molar-refractivity contribution is 7.99. The molecule has 7 heteroatoms. The van der Waals surface area contributed by atoms with Gasteiger partial charge in [-0.25, -0.2) is 0 Å². The minimum absolute atomic E-state index is 0.167. The summed E-state index contributed by atoms with van der Waals surface area (Å²) in [6, 6.07) is 5.37. The lowest BCUT2D eigenvalue weighted by Gasteiger charge is -2.07. The van der Waals surface area contributed by atoms with Gasteiger partial charge in [0.1, 0.15) is 6.33 Å². The smallest absolute Gasteiger partial charge is 0.248 e. The van der Waals surface area contributed by atoms with Crippen LogP contribution < -0.4 is 5.32 Å². The summed E-state index contributed by atoms with van der Waals surface area (Å²) in [5.41, 5.74) is 1.60. The van der Waals surface area contributed by atoms with Crippen LogP contribution in [0, 0.1) is 0 Å². The van der Waals surface area contributed by atoms with E-state index in [0.29, 0.717) is 10.7 Å². The number of benzene rings is 1. The molecule has 1 amide bonds. The van der Waals surface area contributed by atoms with Crippen molar-refractivity contribution in [2.45, 2.75) is 23.9 Å². The van der Waals surface area contributed by atoms with Crippen LogP contribution in [0.25, 0.3) is 0 Å². The Labute approximate surface area is 132 Å². The lowest BCUT2D eigenvalue weighted by atomic mass is 10.3. The van der Waals surface area contributed by atoms with Gasteiger partial charge in [0.05, 0.1) is 5.02 Å². The maximum Gasteiger partial charge on any atom is 0.248 e. The molecular formula is C14H15ClN4OS. The number of nitrogens with zero attached hydrogens (tertiary/aromatic N) is 3. The van der Waals surface area contributed by atoms with Crippen molar-refractivity contribution < 1.29 is 4.79 Å². The molecule has 0 bridgehead atoms. The van der Waals surface area contributed by atoms with Crippen LogP contribution in [0.1, 0.15) is 13.8 Å². The number of nitrogens with one attached hydrogen (secondary N) is 1. The Balaban J connectivity index is 2.12. The fourth-order valence-corrected chi connectivity index (χ4v) is 2.63. The van der Waals surface area contributed by atoms with Crippen molar-refractivity contribution in [1.29, 1.82) is 0 Å². The molecule has 0 radical (unpaired) electrons. The van der Waals surface area contributed by atoms with Crippen molar-refractivity contribution in [1.82, 2.24) is 14.8 Å². The number of aromatic nitrogens is 3. The third kappa shape index (κ3) is 4.34. The van der Waals surface area contributed by atoms with E-state index in [1.807, 2.05) is 31.5 Å². The second-order valence-corrected chi connectivity index (χ2v) is 6.10. The molecule has 2 aromatic rings. The molecule has 0 spiro atoms. The van der Waals surface area contributed by atoms with Crippen LogP contribution >= 0.6 is 23.4 Å². The lowest BCUT2D eigenvalue weighted by Crippen LogP contribution is -2.08. The summed E-state index contributed by atoms with van der Waals surface area (Å²) >= 11 is 7.66. The van der Waals surface area contributed by atoms with Crippen molar-refractivity contribution in [3.8, 4) is 0 Å². The monoisotopic (exact) mass is 322 g/mol. The van der Waals surface area contributed by atoms with Gasteiger partial charge >= 0.3 is 0 Å². The maximum absolute atomic E-state index is 11.7. The first kappa shape index (κ1) is 15.6. The molecule has 5 nitrogen and oxygen atoms in total. The number of halogens is 1. The number of carbonyl (C=O) groups is 1. The number of anilines is 1. The van der Waals surface area contributed by atoms with Gasteiger partial charge in [0.2, 0.25) is 5.91 Å². The van der Waals surface area contributed by atoms with Crippen LogP contribution in [0.4, 0.5) is 5.69 Å². The Kier molecular flexibility index (Phi) is 5.03. The predicted octanol–water partition coefficient (Wildman–Crippen LogP) is 3.52. The number of carbonyl (C=O) groups excluding carboxylic acids is 1. The highest BCUT2D eigenvalue weighted by atomic mass is 35.5. The summed E-state index contributed by atoms with van der Waals surface area (Å²) in [5.74, 6) is -0.167. The van der Waals surface area contributed by atoms with Crippen LogP contribution in [0.5, 0.6) is 0 Å². The van der Waals surface area contributed by atoms with Gasteiger partial charge < -0.3 is 9.88 Å². The van der Waals surface area contributed by atoms with Crippen molar-refractivity contribution >= 4 is 35.0 Å². The summed E-state index contributed by atoms with van der Waals surface area (Å²) in [6.07, 6.45) is 3.17. The van der Waals surface area contributed by atoms with Crippen LogP contribution in [0.3, 0.4) is 0 Å². The number of rotatable bonds is 4. The molecule has 110 valence electrons. The third-order valence-electron chi connectivity index (χ3n) is 2.49. The van der Waals surface area contributed by atoms with Gasteiger partial charge in [-0.2, -0.15) is 0 Å². The first-order valence-corrected chi connectivity index (χ1v) is 7.42. The number of amides is 1. The summed E-state index contributed by atoms with van der Waals surface area (Å²) in [7, 11) is 1.87. The summed E-state index contributed by atoms with van der Waals surface area (Å²) in [5, 5.41) is 11.9. The van der Waals surface area contributed by atoms with Crippen LogP contribution in [0.15, 0.2) is 46.2 Å². The third-order valence-corrected chi connectivity index (χ3v) is 4.04. The van der Waals surface area contributed by atoms with E-state index >= 15 is 0 Å². The molecular weight excluding hydrogens is 308 g/mol. The van der Waals surface area contributed by atoms with Gasteiger partial charge in [-0.1, -0.05) is 17.2 Å². The van der Waals surface area contributed by atoms with E-state index in [2.05, 4.69) is 15.5 Å². The Morgan fingerprint density at radius 1 is 1.43 bits per heavy atom. The zero-order valence-corrected chi connectivity index (χ0v) is 13.5. The van der Waals surface area contributed by atoms with Crippen LogP contribution in [0.2, 0.25) is 5.02 Å². The molecule has 2 rings (SSSR count). The summed E-state index contributed by atoms with van der Waals surface area (Å²) in [4.78, 5) is 12.5. The first-order valence-electron chi connectivity index (χ1n) is 6.23. The van der Waals surface area contributed by atoms with Gasteiger partial charge in [0, 0.05) is 23.7 Å². The van der Waals surface area contributed by atoms with E-state index in [4.69, 9.17) is 11.6 Å². The molecule has 0 atom stereocenters. The van der Waals surface area contributed by atoms with Crippen molar-refractivity contribution in [3.63, 3.8) is 0 Å². The highest BCUT2D eigenvalue weighted by Gasteiger charge is 2.09. The Morgan fingerprint density at radius 2 is 2.19 bits per heavy atom. The molecule has 1 aromatic carbocycles. The SMILES string of the molecule is CC(C)=CC(=O)Nc1ccc(Sc2nncn2C)c(Cl)c1. The van der Waals surface area contributed by atoms with Crippen LogP contribution in [-0.2, 0) is 11.8 Å². The molecule has 0 aliphatic rings. The van der Waals surface area contributed by atoms with E-state index in [9.17, 15) is 4.79 Å². The predicted molar refractivity (Wildman–Crippen MR) is 84.6 cm³/mol. The van der Waals surface area contributed by atoms with E-state index < -0.39 is 0 Å². The van der Waals surface area contributed by atoms with E-state index in [0.717, 1.165) is 15.6 Å². The molecule has 0 aliphatic heterocycles. The largest absolute Gasteiger partial charge is 0.322 e. The normalized spacial score (nSPS) is 10.3. The molecule has 0 fully saturated rings. The lowest BCUT2D eigenvalue weighted by molar-refractivity contribution is -0.111. The average molecular weight is 323 g/mol. The average Bonchev–Trinajstić information content (AvgIpc) is 2.77. The number of aryl methyl sites for hydroxylation is 1. The zero-order valence-electron chi connectivity index (χ0n) is 11.9. The molecule has 1 heterocycles. The van der Waals surface area contributed by atoms with Gasteiger partial charge in [0.25, 0.3) is 0 Å². The van der Waals surface area contributed by atoms with Gasteiger partial charge in [-0.3, -0.25) is 4.79 Å². The zero-order chi connectivity index (χ0) is 15.4. The molecule has 21 heavy (non-hydrogen) atoms. The Morgan fingerprint density at radius 3 is 2.76 bits per heavy atom. The molecule has 0 saturated heterocycles. The van der Waals surface area contributed by atoms with E-state index in [1.165, 1.54) is 17.8 Å². The topological polar surface area (TPSA) is 59.8 Å². The van der Waals surface area contributed by atoms with E-state index in [1.54, 1.807) is 18.5 Å². The van der Waals surface area contributed by atoms with Gasteiger partial charge in [-0.15, -0.1) is 10.2 Å². The van der Waals surface area contributed by atoms with Crippen molar-refractivity contribution in [2.24, 2.45) is 7.05 Å². The highest BCUT2D eigenvalue weighted by Crippen LogP contribution is 2.33. The minimum atomic E-state index is -0.167. The van der Waals surface area contributed by atoms with Gasteiger partial charge in [0.15, 0.2) is 5.16 Å². The Bertz CT molecular complexity index is 692. The Hall–Kier alpha value is -1.79. The van der Waals surface area contributed by atoms with E-state index in [-0.39, 0.29) is 5.91 Å². The summed E-state index contributed by atoms with van der Waals surface area (Å²) < 4.78 is 1.81. The first-order chi connectivity index (χ1) is 9.95. The minimum Gasteiger partial charge on any atom is -0.322 e. The van der Waals surface area contributed by atoms with Gasteiger partial charge in [-0.05, 0) is 43.8 Å². The maximum atomic E-state index is 11.7. The molecule has 1 N–H and O–H groups in total. The fraction of sp³-hybridized carbons (Fsp3) is 0.214. The number of hydrogen-bond acceptors (Lipinski definition) is 4. The van der Waals surface area contributed by atoms with Crippen molar-refractivity contribution in [3.05, 3.63) is 41.2 Å². The second-order valence-electron chi connectivity index (χ2n) is 4.68.